The number of thioether (sulfide) groups is 2. The first-order chi connectivity index (χ1) is 13.4. The van der Waals surface area contributed by atoms with Crippen molar-refractivity contribution in [1.29, 1.82) is 5.26 Å². The summed E-state index contributed by atoms with van der Waals surface area (Å²) in [6, 6.07) is 14.5. The predicted molar refractivity (Wildman–Crippen MR) is 116 cm³/mol. The molecule has 0 radical (unpaired) electrons. The van der Waals surface area contributed by atoms with Crippen LogP contribution in [0.25, 0.3) is 0 Å². The highest BCUT2D eigenvalue weighted by atomic mass is 32.2. The van der Waals surface area contributed by atoms with Gasteiger partial charge in [-0.15, -0.1) is 23.5 Å². The van der Waals surface area contributed by atoms with Gasteiger partial charge in [-0.2, -0.15) is 5.26 Å². The van der Waals surface area contributed by atoms with Crippen LogP contribution in [-0.4, -0.2) is 24.3 Å². The molecule has 5 nitrogen and oxygen atoms in total. The number of nitrogens with zero attached hydrogens (tertiary/aromatic N) is 1. The Morgan fingerprint density at radius 1 is 1.00 bits per heavy atom. The van der Waals surface area contributed by atoms with Crippen LogP contribution in [0.2, 0.25) is 0 Å². The van der Waals surface area contributed by atoms with E-state index in [2.05, 4.69) is 10.6 Å². The van der Waals surface area contributed by atoms with Crippen molar-refractivity contribution in [1.82, 2.24) is 5.32 Å². The number of nitriles is 1. The summed E-state index contributed by atoms with van der Waals surface area (Å²) in [6.45, 7) is 3.93. The number of aryl methyl sites for hydroxylation is 2. The third-order valence-electron chi connectivity index (χ3n) is 4.11. The van der Waals surface area contributed by atoms with Crippen LogP contribution < -0.4 is 10.6 Å². The Labute approximate surface area is 173 Å². The van der Waals surface area contributed by atoms with E-state index in [1.54, 1.807) is 36.2 Å². The molecule has 7 heteroatoms. The Hall–Kier alpha value is -2.69. The molecule has 2 amide bonds. The lowest BCUT2D eigenvalue weighted by Gasteiger charge is -2.11. The first-order valence-corrected chi connectivity index (χ1v) is 10.9. The summed E-state index contributed by atoms with van der Waals surface area (Å²) in [5, 5.41) is 15.1. The number of rotatable bonds is 6. The Morgan fingerprint density at radius 2 is 1.68 bits per heavy atom. The summed E-state index contributed by atoms with van der Waals surface area (Å²) < 4.78 is 0. The molecule has 0 heterocycles. The first kappa shape index (κ1) is 21.6. The number of amides is 2. The van der Waals surface area contributed by atoms with Gasteiger partial charge in [-0.1, -0.05) is 6.07 Å². The van der Waals surface area contributed by atoms with Crippen molar-refractivity contribution in [3.8, 4) is 6.07 Å². The van der Waals surface area contributed by atoms with E-state index in [4.69, 9.17) is 0 Å². The molecule has 0 unspecified atom stereocenters. The summed E-state index contributed by atoms with van der Waals surface area (Å²) in [4.78, 5) is 26.1. The number of hydrogen-bond donors (Lipinski definition) is 2. The van der Waals surface area contributed by atoms with E-state index in [0.717, 1.165) is 27.8 Å². The average molecular weight is 412 g/mol. The molecular weight excluding hydrogens is 390 g/mol. The van der Waals surface area contributed by atoms with Gasteiger partial charge in [0, 0.05) is 16.1 Å². The SMILES string of the molecule is CSC(NC(=O)c1ccc(SC)cc1)=C(C#N)C(=O)Nc1ccc(C)c(C)c1. The Balaban J connectivity index is 2.22. The number of carbonyl (C=O) groups excluding carboxylic acids is 2. The van der Waals surface area contributed by atoms with Gasteiger partial charge in [0.25, 0.3) is 11.8 Å². The standard InChI is InChI=1S/C21H21N3O2S2/c1-13-5-8-16(11-14(13)2)23-20(26)18(12-22)21(28-4)24-19(25)15-6-9-17(27-3)10-7-15/h5-11H,1-4H3,(H,23,26)(H,24,25). The minimum Gasteiger partial charge on any atom is -0.321 e. The van der Waals surface area contributed by atoms with Gasteiger partial charge in [-0.25, -0.2) is 0 Å². The van der Waals surface area contributed by atoms with Crippen LogP contribution in [0.4, 0.5) is 5.69 Å². The van der Waals surface area contributed by atoms with E-state index in [1.807, 2.05) is 50.4 Å². The minimum atomic E-state index is -0.562. The van der Waals surface area contributed by atoms with Gasteiger partial charge in [-0.05, 0) is 73.9 Å². The third kappa shape index (κ3) is 5.41. The highest BCUT2D eigenvalue weighted by Gasteiger charge is 2.18. The van der Waals surface area contributed by atoms with Gasteiger partial charge in [0.2, 0.25) is 0 Å². The Bertz CT molecular complexity index is 961. The zero-order valence-corrected chi connectivity index (χ0v) is 17.8. The number of nitrogens with one attached hydrogen (secondary N) is 2. The van der Waals surface area contributed by atoms with Gasteiger partial charge in [0.1, 0.15) is 11.6 Å². The molecule has 0 aromatic heterocycles. The Kier molecular flexibility index (Phi) is 7.73. The van der Waals surface area contributed by atoms with Crippen LogP contribution in [0.5, 0.6) is 0 Å². The van der Waals surface area contributed by atoms with Gasteiger partial charge in [0.05, 0.1) is 5.03 Å². The molecule has 2 N–H and O–H groups in total. The summed E-state index contributed by atoms with van der Waals surface area (Å²) in [6.07, 6.45) is 3.66. The van der Waals surface area contributed by atoms with Gasteiger partial charge >= 0.3 is 0 Å². The maximum absolute atomic E-state index is 12.6. The molecule has 144 valence electrons. The highest BCUT2D eigenvalue weighted by Crippen LogP contribution is 2.20. The van der Waals surface area contributed by atoms with Crippen molar-refractivity contribution in [2.24, 2.45) is 0 Å². The zero-order valence-electron chi connectivity index (χ0n) is 16.1. The van der Waals surface area contributed by atoms with Crippen LogP contribution in [0.1, 0.15) is 21.5 Å². The predicted octanol–water partition coefficient (Wildman–Crippen LogP) is 4.49. The van der Waals surface area contributed by atoms with Gasteiger partial charge in [-0.3, -0.25) is 9.59 Å². The molecule has 0 aliphatic heterocycles. The van der Waals surface area contributed by atoms with E-state index in [0.29, 0.717) is 11.3 Å². The lowest BCUT2D eigenvalue weighted by molar-refractivity contribution is -0.112. The second kappa shape index (κ2) is 10.0. The number of carbonyl (C=O) groups is 2. The van der Waals surface area contributed by atoms with Crippen molar-refractivity contribution >= 4 is 41.0 Å². The van der Waals surface area contributed by atoms with Crippen molar-refractivity contribution in [2.45, 2.75) is 18.7 Å². The van der Waals surface area contributed by atoms with E-state index in [1.165, 1.54) is 0 Å². The molecule has 0 spiro atoms. The molecule has 0 aliphatic carbocycles. The lowest BCUT2D eigenvalue weighted by Crippen LogP contribution is -2.25. The number of anilines is 1. The van der Waals surface area contributed by atoms with Crippen LogP contribution >= 0.6 is 23.5 Å². The molecule has 0 saturated carbocycles. The first-order valence-electron chi connectivity index (χ1n) is 8.42. The summed E-state index contributed by atoms with van der Waals surface area (Å²) in [7, 11) is 0. The largest absolute Gasteiger partial charge is 0.321 e. The molecule has 28 heavy (non-hydrogen) atoms. The van der Waals surface area contributed by atoms with Crippen LogP contribution in [0, 0.1) is 25.2 Å². The summed E-state index contributed by atoms with van der Waals surface area (Å²) in [5.74, 6) is -0.933. The molecule has 0 atom stereocenters. The molecular formula is C21H21N3O2S2. The average Bonchev–Trinajstić information content (AvgIpc) is 2.70. The van der Waals surface area contributed by atoms with E-state index in [9.17, 15) is 14.9 Å². The lowest BCUT2D eigenvalue weighted by atomic mass is 10.1. The minimum absolute atomic E-state index is 0.139. The van der Waals surface area contributed by atoms with Crippen molar-refractivity contribution in [3.05, 3.63) is 69.8 Å². The second-order valence-corrected chi connectivity index (χ2v) is 7.65. The van der Waals surface area contributed by atoms with E-state index < -0.39 is 5.91 Å². The highest BCUT2D eigenvalue weighted by molar-refractivity contribution is 8.02. The third-order valence-corrected chi connectivity index (χ3v) is 5.57. The molecule has 0 fully saturated rings. The van der Waals surface area contributed by atoms with Crippen LogP contribution in [0.3, 0.4) is 0 Å². The monoisotopic (exact) mass is 411 g/mol. The van der Waals surface area contributed by atoms with E-state index in [-0.39, 0.29) is 16.5 Å². The fourth-order valence-electron chi connectivity index (χ4n) is 2.35. The molecule has 2 aromatic carbocycles. The van der Waals surface area contributed by atoms with Crippen LogP contribution in [-0.2, 0) is 4.79 Å². The zero-order chi connectivity index (χ0) is 20.7. The molecule has 2 rings (SSSR count). The molecule has 0 bridgehead atoms. The fourth-order valence-corrected chi connectivity index (χ4v) is 3.30. The smallest absolute Gasteiger partial charge is 0.269 e. The topological polar surface area (TPSA) is 82.0 Å². The second-order valence-electron chi connectivity index (χ2n) is 5.96. The normalized spacial score (nSPS) is 11.2. The maximum Gasteiger partial charge on any atom is 0.269 e. The van der Waals surface area contributed by atoms with Crippen molar-refractivity contribution < 1.29 is 9.59 Å². The van der Waals surface area contributed by atoms with Gasteiger partial charge in [0.15, 0.2) is 0 Å². The maximum atomic E-state index is 12.6. The van der Waals surface area contributed by atoms with Crippen molar-refractivity contribution in [2.75, 3.05) is 17.8 Å². The summed E-state index contributed by atoms with van der Waals surface area (Å²) in [5.41, 5.74) is 3.06. The quantitative estimate of drug-likeness (QED) is 0.416. The van der Waals surface area contributed by atoms with Gasteiger partial charge < -0.3 is 10.6 Å². The van der Waals surface area contributed by atoms with Crippen LogP contribution in [0.15, 0.2) is 58.0 Å². The molecule has 0 saturated heterocycles. The fraction of sp³-hybridized carbons (Fsp3) is 0.190. The van der Waals surface area contributed by atoms with Crippen molar-refractivity contribution in [3.63, 3.8) is 0 Å². The summed E-state index contributed by atoms with van der Waals surface area (Å²) >= 11 is 2.72. The van der Waals surface area contributed by atoms with E-state index >= 15 is 0 Å². The molecule has 0 aliphatic rings. The number of benzene rings is 2. The Morgan fingerprint density at radius 3 is 2.21 bits per heavy atom. The number of hydrogen-bond acceptors (Lipinski definition) is 5. The molecule has 2 aromatic rings.